The Kier molecular flexibility index (Phi) is 2.34. The second kappa shape index (κ2) is 3.86. The van der Waals surface area contributed by atoms with Gasteiger partial charge in [0, 0.05) is 23.5 Å². The van der Waals surface area contributed by atoms with Gasteiger partial charge in [0.15, 0.2) is 11.0 Å². The Bertz CT molecular complexity index is 688. The largest absolute Gasteiger partial charge is 0.296 e. The molecule has 0 spiro atoms. The van der Waals surface area contributed by atoms with Crippen LogP contribution in [0.3, 0.4) is 0 Å². The summed E-state index contributed by atoms with van der Waals surface area (Å²) >= 11 is 6.09. The predicted molar refractivity (Wildman–Crippen MR) is 68.6 cm³/mol. The smallest absolute Gasteiger partial charge is 0.175 e. The Morgan fingerprint density at radius 3 is 2.71 bits per heavy atom. The van der Waals surface area contributed by atoms with Gasteiger partial charge in [-0.05, 0) is 19.1 Å². The summed E-state index contributed by atoms with van der Waals surface area (Å²) < 4.78 is 2.02. The molecule has 0 aliphatic heterocycles. The van der Waals surface area contributed by atoms with Crippen LogP contribution in [-0.2, 0) is 0 Å². The summed E-state index contributed by atoms with van der Waals surface area (Å²) in [4.78, 5) is 8.37. The van der Waals surface area contributed by atoms with Gasteiger partial charge in [-0.2, -0.15) is 0 Å². The van der Waals surface area contributed by atoms with Gasteiger partial charge < -0.3 is 0 Å². The van der Waals surface area contributed by atoms with Crippen molar-refractivity contribution in [2.24, 2.45) is 0 Å². The molecule has 84 valence electrons. The number of aromatic nitrogens is 3. The molecule has 2 aromatic heterocycles. The van der Waals surface area contributed by atoms with Gasteiger partial charge in [0.1, 0.15) is 0 Å². The summed E-state index contributed by atoms with van der Waals surface area (Å²) in [5.74, 6) is 0.674. The van der Waals surface area contributed by atoms with Gasteiger partial charge in [-0.1, -0.05) is 29.8 Å². The third-order valence-corrected chi connectivity index (χ3v) is 3.01. The van der Waals surface area contributed by atoms with Gasteiger partial charge >= 0.3 is 0 Å². The van der Waals surface area contributed by atoms with Crippen LogP contribution in [0.25, 0.3) is 16.7 Å². The fourth-order valence-electron chi connectivity index (χ4n) is 2.04. The lowest BCUT2D eigenvalue weighted by Gasteiger charge is -2.07. The van der Waals surface area contributed by atoms with Gasteiger partial charge in [0.25, 0.3) is 0 Å². The first kappa shape index (κ1) is 10.3. The quantitative estimate of drug-likeness (QED) is 0.656. The second-order valence-corrected chi connectivity index (χ2v) is 4.21. The summed E-state index contributed by atoms with van der Waals surface area (Å²) in [5, 5.41) is 1.59. The Hall–Kier alpha value is -1.87. The van der Waals surface area contributed by atoms with Gasteiger partial charge in [-0.3, -0.25) is 4.57 Å². The molecule has 0 bridgehead atoms. The monoisotopic (exact) mass is 243 g/mol. The molecule has 4 heteroatoms. The number of aryl methyl sites for hydroxylation is 1. The number of nitrogens with zero attached hydrogens (tertiary/aromatic N) is 3. The Balaban J connectivity index is 2.38. The SMILES string of the molecule is Cc1cc2ccccc2n1-c1nccnc1Cl. The molecular formula is C13H10ClN3. The van der Waals surface area contributed by atoms with Crippen LogP contribution >= 0.6 is 11.6 Å². The molecule has 0 saturated heterocycles. The second-order valence-electron chi connectivity index (χ2n) is 3.85. The summed E-state index contributed by atoms with van der Waals surface area (Å²) in [7, 11) is 0. The molecule has 0 fully saturated rings. The average Bonchev–Trinajstić information content (AvgIpc) is 2.66. The van der Waals surface area contributed by atoms with E-state index >= 15 is 0 Å². The van der Waals surface area contributed by atoms with Crippen molar-refractivity contribution in [3.63, 3.8) is 0 Å². The normalized spacial score (nSPS) is 10.9. The van der Waals surface area contributed by atoms with E-state index in [0.29, 0.717) is 11.0 Å². The zero-order valence-corrected chi connectivity index (χ0v) is 10.0. The van der Waals surface area contributed by atoms with Crippen LogP contribution in [0.1, 0.15) is 5.69 Å². The maximum Gasteiger partial charge on any atom is 0.175 e. The molecule has 2 heterocycles. The van der Waals surface area contributed by atoms with E-state index in [2.05, 4.69) is 22.1 Å². The minimum Gasteiger partial charge on any atom is -0.296 e. The summed E-state index contributed by atoms with van der Waals surface area (Å²) in [6.07, 6.45) is 3.24. The van der Waals surface area contributed by atoms with Crippen molar-refractivity contribution in [3.8, 4) is 5.82 Å². The number of benzene rings is 1. The maximum atomic E-state index is 6.09. The molecule has 3 nitrogen and oxygen atoms in total. The van der Waals surface area contributed by atoms with Crippen LogP contribution < -0.4 is 0 Å². The lowest BCUT2D eigenvalue weighted by Crippen LogP contribution is -2.01. The van der Waals surface area contributed by atoms with Crippen molar-refractivity contribution >= 4 is 22.5 Å². The van der Waals surface area contributed by atoms with Crippen molar-refractivity contribution in [1.82, 2.24) is 14.5 Å². The summed E-state index contributed by atoms with van der Waals surface area (Å²) in [6, 6.07) is 10.3. The van der Waals surface area contributed by atoms with E-state index in [9.17, 15) is 0 Å². The minimum absolute atomic E-state index is 0.414. The molecule has 0 amide bonds. The molecule has 0 aliphatic rings. The van der Waals surface area contributed by atoms with Crippen LogP contribution in [-0.4, -0.2) is 14.5 Å². The van der Waals surface area contributed by atoms with Crippen molar-refractivity contribution in [2.45, 2.75) is 6.92 Å². The number of halogens is 1. The van der Waals surface area contributed by atoms with E-state index in [1.807, 2.05) is 29.7 Å². The highest BCUT2D eigenvalue weighted by molar-refractivity contribution is 6.31. The molecule has 0 aliphatic carbocycles. The standard InChI is InChI=1S/C13H10ClN3/c1-9-8-10-4-2-3-5-11(10)17(9)13-12(14)15-6-7-16-13/h2-8H,1H3. The van der Waals surface area contributed by atoms with E-state index in [4.69, 9.17) is 11.6 Å². The van der Waals surface area contributed by atoms with Gasteiger partial charge in [-0.15, -0.1) is 0 Å². The van der Waals surface area contributed by atoms with E-state index in [-0.39, 0.29) is 0 Å². The third kappa shape index (κ3) is 1.59. The van der Waals surface area contributed by atoms with Crippen molar-refractivity contribution < 1.29 is 0 Å². The van der Waals surface area contributed by atoms with E-state index in [1.54, 1.807) is 12.4 Å². The first-order valence-electron chi connectivity index (χ1n) is 5.31. The third-order valence-electron chi connectivity index (χ3n) is 2.74. The molecule has 3 rings (SSSR count). The minimum atomic E-state index is 0.414. The predicted octanol–water partition coefficient (Wildman–Crippen LogP) is 3.38. The Morgan fingerprint density at radius 1 is 1.12 bits per heavy atom. The Labute approximate surface area is 104 Å². The molecule has 0 N–H and O–H groups in total. The molecule has 1 aromatic carbocycles. The highest BCUT2D eigenvalue weighted by Gasteiger charge is 2.11. The highest BCUT2D eigenvalue weighted by Crippen LogP contribution is 2.25. The molecule has 0 radical (unpaired) electrons. The number of rotatable bonds is 1. The number of fused-ring (bicyclic) bond motifs is 1. The maximum absolute atomic E-state index is 6.09. The van der Waals surface area contributed by atoms with Crippen molar-refractivity contribution in [2.75, 3.05) is 0 Å². The lowest BCUT2D eigenvalue weighted by molar-refractivity contribution is 0.972. The van der Waals surface area contributed by atoms with Crippen molar-refractivity contribution in [3.05, 3.63) is 53.6 Å². The van der Waals surface area contributed by atoms with E-state index in [0.717, 1.165) is 11.2 Å². The first-order chi connectivity index (χ1) is 8.27. The first-order valence-corrected chi connectivity index (χ1v) is 5.69. The summed E-state index contributed by atoms with van der Waals surface area (Å²) in [5.41, 5.74) is 2.18. The molecule has 0 saturated carbocycles. The number of para-hydroxylation sites is 1. The fraction of sp³-hybridized carbons (Fsp3) is 0.0769. The van der Waals surface area contributed by atoms with Crippen LogP contribution in [0.2, 0.25) is 5.15 Å². The van der Waals surface area contributed by atoms with Gasteiger partial charge in [0.2, 0.25) is 0 Å². The fourth-order valence-corrected chi connectivity index (χ4v) is 2.23. The molecule has 3 aromatic rings. The van der Waals surface area contributed by atoms with Crippen LogP contribution in [0.5, 0.6) is 0 Å². The Morgan fingerprint density at radius 2 is 1.88 bits per heavy atom. The van der Waals surface area contributed by atoms with Gasteiger partial charge in [0.05, 0.1) is 5.52 Å². The average molecular weight is 244 g/mol. The van der Waals surface area contributed by atoms with E-state index < -0.39 is 0 Å². The molecular weight excluding hydrogens is 234 g/mol. The van der Waals surface area contributed by atoms with Crippen LogP contribution in [0.15, 0.2) is 42.7 Å². The topological polar surface area (TPSA) is 30.7 Å². The number of hydrogen-bond acceptors (Lipinski definition) is 2. The van der Waals surface area contributed by atoms with Crippen molar-refractivity contribution in [1.29, 1.82) is 0 Å². The molecule has 0 atom stereocenters. The molecule has 17 heavy (non-hydrogen) atoms. The molecule has 0 unspecified atom stereocenters. The zero-order chi connectivity index (χ0) is 11.8. The van der Waals surface area contributed by atoms with Gasteiger partial charge in [-0.25, -0.2) is 9.97 Å². The van der Waals surface area contributed by atoms with Crippen LogP contribution in [0, 0.1) is 6.92 Å². The summed E-state index contributed by atoms with van der Waals surface area (Å²) in [6.45, 7) is 2.03. The number of hydrogen-bond donors (Lipinski definition) is 0. The van der Waals surface area contributed by atoms with Crippen LogP contribution in [0.4, 0.5) is 0 Å². The highest BCUT2D eigenvalue weighted by atomic mass is 35.5. The lowest BCUT2D eigenvalue weighted by atomic mass is 10.2. The van der Waals surface area contributed by atoms with E-state index in [1.165, 1.54) is 5.39 Å². The zero-order valence-electron chi connectivity index (χ0n) is 9.26.